The van der Waals surface area contributed by atoms with Crippen LogP contribution >= 0.6 is 24.0 Å². The van der Waals surface area contributed by atoms with E-state index in [0.717, 1.165) is 12.8 Å². The summed E-state index contributed by atoms with van der Waals surface area (Å²) in [5.41, 5.74) is 6.47. The van der Waals surface area contributed by atoms with Crippen LogP contribution in [0.2, 0.25) is 5.02 Å². The van der Waals surface area contributed by atoms with Gasteiger partial charge >= 0.3 is 0 Å². The van der Waals surface area contributed by atoms with Crippen LogP contribution in [-0.2, 0) is 0 Å². The lowest BCUT2D eigenvalue weighted by Gasteiger charge is -2.14. The molecule has 4 heteroatoms. The molecule has 0 amide bonds. The van der Waals surface area contributed by atoms with Gasteiger partial charge in [0.05, 0.1) is 0 Å². The van der Waals surface area contributed by atoms with Crippen LogP contribution in [0.3, 0.4) is 0 Å². The molecule has 0 fully saturated rings. The standard InChI is InChI=1S/C12H17ClFN.ClH/c1-8(2)3-6-12(15)10-5-4-9(13)7-11(10)14;/h4-5,7-8,12H,3,6,15H2,1-2H3;1H/t12-;/m1./s1. The highest BCUT2D eigenvalue weighted by Gasteiger charge is 2.11. The van der Waals surface area contributed by atoms with Crippen LogP contribution in [0.5, 0.6) is 0 Å². The van der Waals surface area contributed by atoms with Crippen LogP contribution in [0.15, 0.2) is 18.2 Å². The van der Waals surface area contributed by atoms with Crippen LogP contribution in [-0.4, -0.2) is 0 Å². The van der Waals surface area contributed by atoms with Crippen molar-refractivity contribution in [3.8, 4) is 0 Å². The van der Waals surface area contributed by atoms with Gasteiger partial charge in [-0.2, -0.15) is 0 Å². The summed E-state index contributed by atoms with van der Waals surface area (Å²) in [6, 6.07) is 4.42. The van der Waals surface area contributed by atoms with Gasteiger partial charge in [0.25, 0.3) is 0 Å². The van der Waals surface area contributed by atoms with Gasteiger partial charge in [-0.15, -0.1) is 12.4 Å². The summed E-state index contributed by atoms with van der Waals surface area (Å²) < 4.78 is 13.5. The number of hydrogen-bond acceptors (Lipinski definition) is 1. The Balaban J connectivity index is 0.00000225. The Hall–Kier alpha value is -0.310. The average molecular weight is 266 g/mol. The van der Waals surface area contributed by atoms with Crippen molar-refractivity contribution < 1.29 is 4.39 Å². The fraction of sp³-hybridized carbons (Fsp3) is 0.500. The molecule has 0 spiro atoms. The molecule has 1 rings (SSSR count). The Labute approximate surface area is 108 Å². The van der Waals surface area contributed by atoms with Crippen LogP contribution in [0.4, 0.5) is 4.39 Å². The molecule has 0 saturated heterocycles. The van der Waals surface area contributed by atoms with Crippen molar-refractivity contribution in [1.29, 1.82) is 0 Å². The highest BCUT2D eigenvalue weighted by atomic mass is 35.5. The lowest BCUT2D eigenvalue weighted by atomic mass is 9.98. The highest BCUT2D eigenvalue weighted by molar-refractivity contribution is 6.30. The zero-order valence-corrected chi connectivity index (χ0v) is 11.1. The smallest absolute Gasteiger partial charge is 0.129 e. The molecule has 0 aliphatic carbocycles. The van der Waals surface area contributed by atoms with Crippen molar-refractivity contribution in [3.63, 3.8) is 0 Å². The Morgan fingerprint density at radius 3 is 2.44 bits per heavy atom. The van der Waals surface area contributed by atoms with Gasteiger partial charge in [-0.1, -0.05) is 31.5 Å². The summed E-state index contributed by atoms with van der Waals surface area (Å²) in [4.78, 5) is 0. The molecule has 0 aromatic heterocycles. The van der Waals surface area contributed by atoms with Crippen LogP contribution in [0.25, 0.3) is 0 Å². The van der Waals surface area contributed by atoms with E-state index in [4.69, 9.17) is 17.3 Å². The summed E-state index contributed by atoms with van der Waals surface area (Å²) in [5, 5.41) is 0.410. The summed E-state index contributed by atoms with van der Waals surface area (Å²) in [6.07, 6.45) is 1.81. The van der Waals surface area contributed by atoms with Gasteiger partial charge in [-0.3, -0.25) is 0 Å². The Bertz CT molecular complexity index is 329. The van der Waals surface area contributed by atoms with Gasteiger partial charge in [-0.25, -0.2) is 4.39 Å². The van der Waals surface area contributed by atoms with Crippen molar-refractivity contribution in [2.75, 3.05) is 0 Å². The van der Waals surface area contributed by atoms with Gasteiger partial charge in [0, 0.05) is 16.6 Å². The molecule has 0 bridgehead atoms. The monoisotopic (exact) mass is 265 g/mol. The van der Waals surface area contributed by atoms with Gasteiger partial charge in [0.15, 0.2) is 0 Å². The molecule has 0 radical (unpaired) electrons. The number of nitrogens with two attached hydrogens (primary N) is 1. The van der Waals surface area contributed by atoms with Crippen molar-refractivity contribution >= 4 is 24.0 Å². The zero-order chi connectivity index (χ0) is 11.4. The molecule has 0 saturated carbocycles. The molecule has 1 atom stereocenters. The molecular formula is C12H18Cl2FN. The van der Waals surface area contributed by atoms with Crippen molar-refractivity contribution in [2.24, 2.45) is 11.7 Å². The minimum atomic E-state index is -0.307. The first-order chi connectivity index (χ1) is 7.00. The lowest BCUT2D eigenvalue weighted by molar-refractivity contribution is 0.491. The van der Waals surface area contributed by atoms with Crippen LogP contribution in [0, 0.1) is 11.7 Å². The molecule has 92 valence electrons. The van der Waals surface area contributed by atoms with E-state index in [9.17, 15) is 4.39 Å². The Morgan fingerprint density at radius 2 is 1.94 bits per heavy atom. The highest BCUT2D eigenvalue weighted by Crippen LogP contribution is 2.23. The molecule has 16 heavy (non-hydrogen) atoms. The minimum absolute atomic E-state index is 0. The first kappa shape index (κ1) is 15.7. The first-order valence-corrected chi connectivity index (χ1v) is 5.59. The predicted octanol–water partition coefficient (Wildman–Crippen LogP) is 4.34. The first-order valence-electron chi connectivity index (χ1n) is 5.21. The third kappa shape index (κ3) is 4.69. The lowest BCUT2D eigenvalue weighted by Crippen LogP contribution is -2.12. The topological polar surface area (TPSA) is 26.0 Å². The largest absolute Gasteiger partial charge is 0.324 e. The summed E-state index contributed by atoms with van der Waals surface area (Å²) in [5.74, 6) is 0.283. The molecule has 0 heterocycles. The Morgan fingerprint density at radius 1 is 1.31 bits per heavy atom. The number of rotatable bonds is 4. The molecule has 1 nitrogen and oxygen atoms in total. The summed E-state index contributed by atoms with van der Waals surface area (Å²) >= 11 is 5.67. The van der Waals surface area contributed by atoms with Gasteiger partial charge in [0.2, 0.25) is 0 Å². The maximum atomic E-state index is 13.5. The van der Waals surface area contributed by atoms with Crippen molar-refractivity contribution in [2.45, 2.75) is 32.7 Å². The van der Waals surface area contributed by atoms with E-state index in [-0.39, 0.29) is 24.3 Å². The zero-order valence-electron chi connectivity index (χ0n) is 9.54. The predicted molar refractivity (Wildman–Crippen MR) is 69.7 cm³/mol. The van der Waals surface area contributed by atoms with Gasteiger partial charge in [0.1, 0.15) is 5.82 Å². The fourth-order valence-corrected chi connectivity index (χ4v) is 1.63. The van der Waals surface area contributed by atoms with Crippen molar-refractivity contribution in [1.82, 2.24) is 0 Å². The quantitative estimate of drug-likeness (QED) is 0.862. The maximum Gasteiger partial charge on any atom is 0.129 e. The van der Waals surface area contributed by atoms with E-state index in [2.05, 4.69) is 13.8 Å². The normalized spacial score (nSPS) is 12.4. The van der Waals surface area contributed by atoms with Crippen LogP contribution < -0.4 is 5.73 Å². The van der Waals surface area contributed by atoms with E-state index in [0.29, 0.717) is 16.5 Å². The van der Waals surface area contributed by atoms with E-state index in [1.54, 1.807) is 12.1 Å². The molecule has 0 aliphatic rings. The second-order valence-corrected chi connectivity index (χ2v) is 4.68. The number of hydrogen-bond donors (Lipinski definition) is 1. The minimum Gasteiger partial charge on any atom is -0.324 e. The van der Waals surface area contributed by atoms with E-state index in [1.807, 2.05) is 0 Å². The molecule has 0 aliphatic heterocycles. The van der Waals surface area contributed by atoms with E-state index < -0.39 is 0 Å². The Kier molecular flexibility index (Phi) is 6.96. The summed E-state index contributed by atoms with van der Waals surface area (Å²) in [6.45, 7) is 4.26. The van der Waals surface area contributed by atoms with Gasteiger partial charge in [-0.05, 0) is 30.9 Å². The average Bonchev–Trinajstić information content (AvgIpc) is 2.14. The fourth-order valence-electron chi connectivity index (χ4n) is 1.47. The molecule has 1 aromatic rings. The molecule has 2 N–H and O–H groups in total. The van der Waals surface area contributed by atoms with Crippen molar-refractivity contribution in [3.05, 3.63) is 34.6 Å². The molecule has 1 aromatic carbocycles. The van der Waals surface area contributed by atoms with Gasteiger partial charge < -0.3 is 5.73 Å². The maximum absolute atomic E-state index is 13.5. The SMILES string of the molecule is CC(C)CC[C@@H](N)c1ccc(Cl)cc1F.Cl. The molecular weight excluding hydrogens is 248 g/mol. The number of halogens is 3. The van der Waals surface area contributed by atoms with E-state index >= 15 is 0 Å². The molecule has 0 unspecified atom stereocenters. The summed E-state index contributed by atoms with van der Waals surface area (Å²) in [7, 11) is 0. The van der Waals surface area contributed by atoms with Crippen LogP contribution in [0.1, 0.15) is 38.3 Å². The number of benzene rings is 1. The third-order valence-electron chi connectivity index (χ3n) is 2.42. The van der Waals surface area contributed by atoms with E-state index in [1.165, 1.54) is 6.07 Å². The second-order valence-electron chi connectivity index (χ2n) is 4.24. The third-order valence-corrected chi connectivity index (χ3v) is 2.65. The second kappa shape index (κ2) is 7.10.